The van der Waals surface area contributed by atoms with Crippen molar-refractivity contribution < 1.29 is 4.79 Å². The lowest BCUT2D eigenvalue weighted by molar-refractivity contribution is -0.113. The first-order chi connectivity index (χ1) is 7.95. The van der Waals surface area contributed by atoms with Crippen LogP contribution in [0.2, 0.25) is 5.02 Å². The Bertz CT molecular complexity index is 410. The van der Waals surface area contributed by atoms with Crippen molar-refractivity contribution >= 4 is 40.6 Å². The van der Waals surface area contributed by atoms with Crippen LogP contribution in [0.3, 0.4) is 0 Å². The maximum atomic E-state index is 11.2. The zero-order valence-electron chi connectivity index (χ0n) is 10.00. The summed E-state index contributed by atoms with van der Waals surface area (Å²) in [5.74, 6) is 0.348. The Hall–Kier alpha value is -1.00. The number of halogens is 2. The second-order valence-corrected chi connectivity index (χ2v) is 4.58. The van der Waals surface area contributed by atoms with Crippen LogP contribution in [-0.4, -0.2) is 29.9 Å². The number of hydrogen-bond donors (Lipinski definition) is 1. The van der Waals surface area contributed by atoms with Gasteiger partial charge in [-0.25, -0.2) is 4.98 Å². The highest BCUT2D eigenvalue weighted by atomic mass is 35.5. The number of aromatic nitrogens is 1. The van der Waals surface area contributed by atoms with Gasteiger partial charge in [0.2, 0.25) is 5.91 Å². The van der Waals surface area contributed by atoms with Crippen LogP contribution in [0, 0.1) is 0 Å². The van der Waals surface area contributed by atoms with E-state index in [0.717, 1.165) is 5.82 Å². The van der Waals surface area contributed by atoms with Crippen molar-refractivity contribution in [3.8, 4) is 0 Å². The molecule has 6 heteroatoms. The zero-order chi connectivity index (χ0) is 13.0. The van der Waals surface area contributed by atoms with Crippen molar-refractivity contribution in [1.82, 2.24) is 4.98 Å². The Morgan fingerprint density at radius 3 is 2.76 bits per heavy atom. The summed E-state index contributed by atoms with van der Waals surface area (Å²) in [4.78, 5) is 17.4. The van der Waals surface area contributed by atoms with Crippen molar-refractivity contribution in [2.45, 2.75) is 19.9 Å². The normalized spacial score (nSPS) is 10.5. The van der Waals surface area contributed by atoms with Crippen LogP contribution < -0.4 is 10.2 Å². The number of carbonyl (C=O) groups is 1. The molecule has 0 bridgehead atoms. The monoisotopic (exact) mass is 275 g/mol. The van der Waals surface area contributed by atoms with Gasteiger partial charge in [0.25, 0.3) is 0 Å². The van der Waals surface area contributed by atoms with Gasteiger partial charge >= 0.3 is 0 Å². The molecule has 1 heterocycles. The Labute approximate surface area is 111 Å². The van der Waals surface area contributed by atoms with E-state index in [-0.39, 0.29) is 11.8 Å². The topological polar surface area (TPSA) is 45.2 Å². The lowest BCUT2D eigenvalue weighted by Gasteiger charge is -2.23. The van der Waals surface area contributed by atoms with Crippen LogP contribution in [-0.2, 0) is 4.79 Å². The second kappa shape index (κ2) is 6.07. The van der Waals surface area contributed by atoms with Gasteiger partial charge in [-0.2, -0.15) is 0 Å². The molecule has 17 heavy (non-hydrogen) atoms. The molecule has 0 fully saturated rings. The van der Waals surface area contributed by atoms with E-state index in [1.54, 1.807) is 6.07 Å². The average molecular weight is 276 g/mol. The summed E-state index contributed by atoms with van der Waals surface area (Å²) in [5.41, 5.74) is 0.523. The lowest BCUT2D eigenvalue weighted by Crippen LogP contribution is -2.26. The van der Waals surface area contributed by atoms with Crippen molar-refractivity contribution in [3.63, 3.8) is 0 Å². The molecular formula is C11H15Cl2N3O. The Morgan fingerprint density at radius 1 is 1.59 bits per heavy atom. The summed E-state index contributed by atoms with van der Waals surface area (Å²) in [7, 11) is 1.92. The van der Waals surface area contributed by atoms with Crippen LogP contribution in [0.4, 0.5) is 11.5 Å². The van der Waals surface area contributed by atoms with Crippen LogP contribution in [0.25, 0.3) is 0 Å². The standard InChI is InChI=1S/C11H15Cl2N3O/c1-7(2)16(3)10-4-9(8(13)6-14-10)15-11(17)5-12/h4,6-7H,5H2,1-3H3,(H,14,15,17). The van der Waals surface area contributed by atoms with E-state index in [9.17, 15) is 4.79 Å². The number of alkyl halides is 1. The minimum absolute atomic E-state index is 0.103. The maximum Gasteiger partial charge on any atom is 0.239 e. The number of rotatable bonds is 4. The van der Waals surface area contributed by atoms with E-state index >= 15 is 0 Å². The number of nitrogens with one attached hydrogen (secondary N) is 1. The molecule has 0 aliphatic rings. The molecule has 4 nitrogen and oxygen atoms in total. The summed E-state index contributed by atoms with van der Waals surface area (Å²) in [6.45, 7) is 4.10. The predicted molar refractivity (Wildman–Crippen MR) is 72.1 cm³/mol. The summed E-state index contributed by atoms with van der Waals surface area (Å²) in [6, 6.07) is 2.03. The molecule has 0 saturated carbocycles. The first-order valence-corrected chi connectivity index (χ1v) is 6.11. The van der Waals surface area contributed by atoms with Crippen molar-refractivity contribution in [3.05, 3.63) is 17.3 Å². The molecule has 0 saturated heterocycles. The van der Waals surface area contributed by atoms with E-state index in [1.165, 1.54) is 6.20 Å². The fourth-order valence-electron chi connectivity index (χ4n) is 1.16. The molecule has 1 amide bonds. The fourth-order valence-corrected chi connectivity index (χ4v) is 1.38. The van der Waals surface area contributed by atoms with Gasteiger partial charge in [0.05, 0.1) is 16.9 Å². The number of nitrogens with zero attached hydrogens (tertiary/aromatic N) is 2. The third-order valence-electron chi connectivity index (χ3n) is 2.37. The highest BCUT2D eigenvalue weighted by Crippen LogP contribution is 2.25. The lowest BCUT2D eigenvalue weighted by atomic mass is 10.3. The van der Waals surface area contributed by atoms with Crippen LogP contribution in [0.5, 0.6) is 0 Å². The maximum absolute atomic E-state index is 11.2. The van der Waals surface area contributed by atoms with E-state index < -0.39 is 0 Å². The molecule has 1 aromatic heterocycles. The Morgan fingerprint density at radius 2 is 2.24 bits per heavy atom. The minimum atomic E-state index is -0.294. The van der Waals surface area contributed by atoms with E-state index in [0.29, 0.717) is 16.8 Å². The molecule has 0 atom stereocenters. The summed E-state index contributed by atoms with van der Waals surface area (Å²) < 4.78 is 0. The van der Waals surface area contributed by atoms with Crippen LogP contribution >= 0.6 is 23.2 Å². The number of pyridine rings is 1. The first-order valence-electron chi connectivity index (χ1n) is 5.20. The largest absolute Gasteiger partial charge is 0.357 e. The molecule has 94 valence electrons. The fraction of sp³-hybridized carbons (Fsp3) is 0.455. The molecule has 0 aromatic carbocycles. The predicted octanol–water partition coefficient (Wildman–Crippen LogP) is 2.76. The second-order valence-electron chi connectivity index (χ2n) is 3.91. The molecular weight excluding hydrogens is 261 g/mol. The van der Waals surface area contributed by atoms with Gasteiger partial charge in [-0.15, -0.1) is 11.6 Å². The summed E-state index contributed by atoms with van der Waals surface area (Å²) in [6.07, 6.45) is 1.51. The van der Waals surface area contributed by atoms with Gasteiger partial charge in [0, 0.05) is 19.2 Å². The number of amides is 1. The van der Waals surface area contributed by atoms with Crippen LogP contribution in [0.1, 0.15) is 13.8 Å². The molecule has 1 N–H and O–H groups in total. The third-order valence-corrected chi connectivity index (χ3v) is 2.92. The van der Waals surface area contributed by atoms with Gasteiger partial charge in [0.1, 0.15) is 11.7 Å². The molecule has 1 aromatic rings. The van der Waals surface area contributed by atoms with Gasteiger partial charge in [-0.1, -0.05) is 11.6 Å². The van der Waals surface area contributed by atoms with Gasteiger partial charge in [-0.05, 0) is 13.8 Å². The molecule has 0 unspecified atom stereocenters. The number of anilines is 2. The average Bonchev–Trinajstić information content (AvgIpc) is 2.30. The molecule has 1 rings (SSSR count). The van der Waals surface area contributed by atoms with E-state index in [1.807, 2.05) is 25.8 Å². The van der Waals surface area contributed by atoms with Gasteiger partial charge < -0.3 is 10.2 Å². The zero-order valence-corrected chi connectivity index (χ0v) is 11.5. The van der Waals surface area contributed by atoms with Crippen LogP contribution in [0.15, 0.2) is 12.3 Å². The number of carbonyl (C=O) groups excluding carboxylic acids is 1. The molecule has 0 radical (unpaired) electrons. The quantitative estimate of drug-likeness (QED) is 0.860. The van der Waals surface area contributed by atoms with Gasteiger partial charge in [-0.3, -0.25) is 4.79 Å². The smallest absolute Gasteiger partial charge is 0.239 e. The highest BCUT2D eigenvalue weighted by Gasteiger charge is 2.11. The first kappa shape index (κ1) is 14.1. The van der Waals surface area contributed by atoms with Crippen molar-refractivity contribution in [1.29, 1.82) is 0 Å². The molecule has 0 aliphatic carbocycles. The Balaban J connectivity index is 2.98. The third kappa shape index (κ3) is 3.75. The van der Waals surface area contributed by atoms with E-state index in [4.69, 9.17) is 23.2 Å². The van der Waals surface area contributed by atoms with E-state index in [2.05, 4.69) is 10.3 Å². The SMILES string of the molecule is CC(C)N(C)c1cc(NC(=O)CCl)c(Cl)cn1. The highest BCUT2D eigenvalue weighted by molar-refractivity contribution is 6.34. The minimum Gasteiger partial charge on any atom is -0.357 e. The summed E-state index contributed by atoms with van der Waals surface area (Å²) in [5, 5.41) is 3.02. The van der Waals surface area contributed by atoms with Gasteiger partial charge in [0.15, 0.2) is 0 Å². The summed E-state index contributed by atoms with van der Waals surface area (Å²) >= 11 is 11.4. The molecule has 0 spiro atoms. The Kier molecular flexibility index (Phi) is 5.02. The molecule has 0 aliphatic heterocycles. The number of hydrogen-bond acceptors (Lipinski definition) is 3. The van der Waals surface area contributed by atoms with Crippen molar-refractivity contribution in [2.24, 2.45) is 0 Å². The van der Waals surface area contributed by atoms with Crippen molar-refractivity contribution in [2.75, 3.05) is 23.1 Å².